The van der Waals surface area contributed by atoms with E-state index in [1.165, 1.54) is 4.57 Å². The van der Waals surface area contributed by atoms with Gasteiger partial charge in [0.2, 0.25) is 11.3 Å². The Labute approximate surface area is 110 Å². The maximum absolute atomic E-state index is 10.9. The van der Waals surface area contributed by atoms with Gasteiger partial charge in [0.1, 0.15) is 5.52 Å². The normalized spacial score (nSPS) is 11.6. The van der Waals surface area contributed by atoms with E-state index in [1.54, 1.807) is 6.07 Å². The Morgan fingerprint density at radius 3 is 2.75 bits per heavy atom. The highest BCUT2D eigenvalue weighted by Crippen LogP contribution is 2.27. The molecule has 0 bridgehead atoms. The number of carbonyl (C=O) groups excluding carboxylic acids is 1. The number of benzene rings is 1. The summed E-state index contributed by atoms with van der Waals surface area (Å²) >= 11 is 0. The molecule has 8 nitrogen and oxygen atoms in total. The lowest BCUT2D eigenvalue weighted by atomic mass is 10.2. The number of nitrogens with zero attached hydrogens (tertiary/aromatic N) is 5. The SMILES string of the molecule is O=C([O-])Cn1c2ccccc2c2nc3nonc3nc21. The van der Waals surface area contributed by atoms with Crippen LogP contribution in [0.4, 0.5) is 0 Å². The first kappa shape index (κ1) is 10.9. The van der Waals surface area contributed by atoms with Crippen molar-refractivity contribution >= 4 is 39.3 Å². The predicted octanol–water partition coefficient (Wildman–Crippen LogP) is -0.129. The quantitative estimate of drug-likeness (QED) is 0.498. The number of hydrogen-bond acceptors (Lipinski definition) is 7. The number of aliphatic carboxylic acids is 1. The molecule has 8 heteroatoms. The van der Waals surface area contributed by atoms with Crippen LogP contribution in [0.5, 0.6) is 0 Å². The highest BCUT2D eigenvalue weighted by Gasteiger charge is 2.16. The van der Waals surface area contributed by atoms with Crippen molar-refractivity contribution < 1.29 is 14.5 Å². The second-order valence-corrected chi connectivity index (χ2v) is 4.28. The van der Waals surface area contributed by atoms with Crippen LogP contribution in [-0.2, 0) is 11.3 Å². The zero-order valence-electron chi connectivity index (χ0n) is 9.98. The molecule has 3 aromatic heterocycles. The molecule has 0 radical (unpaired) electrons. The van der Waals surface area contributed by atoms with Gasteiger partial charge in [-0.15, -0.1) is 0 Å². The molecule has 0 aliphatic carbocycles. The largest absolute Gasteiger partial charge is 0.548 e. The van der Waals surface area contributed by atoms with Crippen molar-refractivity contribution in [1.82, 2.24) is 24.8 Å². The topological polar surface area (TPSA) is 110 Å². The van der Waals surface area contributed by atoms with Crippen molar-refractivity contribution in [3.63, 3.8) is 0 Å². The van der Waals surface area contributed by atoms with E-state index >= 15 is 0 Å². The van der Waals surface area contributed by atoms with Gasteiger partial charge in [-0.25, -0.2) is 14.6 Å². The first-order chi connectivity index (χ1) is 9.74. The van der Waals surface area contributed by atoms with Crippen LogP contribution in [0.3, 0.4) is 0 Å². The van der Waals surface area contributed by atoms with Crippen LogP contribution in [-0.4, -0.2) is 30.8 Å². The molecule has 4 aromatic rings. The lowest BCUT2D eigenvalue weighted by molar-refractivity contribution is -0.306. The second kappa shape index (κ2) is 3.73. The average molecular weight is 268 g/mol. The molecule has 1 aromatic carbocycles. The number of rotatable bonds is 2. The summed E-state index contributed by atoms with van der Waals surface area (Å²) in [6, 6.07) is 7.31. The Kier molecular flexibility index (Phi) is 2.02. The minimum absolute atomic E-state index is 0.236. The first-order valence-corrected chi connectivity index (χ1v) is 5.81. The van der Waals surface area contributed by atoms with Gasteiger partial charge in [0.15, 0.2) is 5.65 Å². The number of fused-ring (bicyclic) bond motifs is 4. The molecule has 0 fully saturated rings. The third-order valence-corrected chi connectivity index (χ3v) is 3.09. The molecule has 0 atom stereocenters. The van der Waals surface area contributed by atoms with Crippen LogP contribution in [0.2, 0.25) is 0 Å². The summed E-state index contributed by atoms with van der Waals surface area (Å²) in [6.07, 6.45) is 0. The zero-order chi connectivity index (χ0) is 13.7. The maximum Gasteiger partial charge on any atom is 0.245 e. The van der Waals surface area contributed by atoms with Gasteiger partial charge in [-0.2, -0.15) is 0 Å². The molecular formula is C12H6N5O3-. The molecule has 0 aliphatic rings. The zero-order valence-corrected chi connectivity index (χ0v) is 9.98. The lowest BCUT2D eigenvalue weighted by Gasteiger charge is -2.06. The fourth-order valence-electron chi connectivity index (χ4n) is 2.31. The third kappa shape index (κ3) is 1.38. The van der Waals surface area contributed by atoms with Gasteiger partial charge in [0.05, 0.1) is 18.0 Å². The van der Waals surface area contributed by atoms with Crippen molar-refractivity contribution in [3.05, 3.63) is 24.3 Å². The van der Waals surface area contributed by atoms with Crippen molar-refractivity contribution in [2.45, 2.75) is 6.54 Å². The highest BCUT2D eigenvalue weighted by atomic mass is 16.6. The summed E-state index contributed by atoms with van der Waals surface area (Å²) in [5, 5.41) is 19.0. The minimum Gasteiger partial charge on any atom is -0.548 e. The molecule has 0 spiro atoms. The first-order valence-electron chi connectivity index (χ1n) is 5.81. The van der Waals surface area contributed by atoms with Gasteiger partial charge >= 0.3 is 0 Å². The van der Waals surface area contributed by atoms with E-state index in [1.807, 2.05) is 18.2 Å². The summed E-state index contributed by atoms with van der Waals surface area (Å²) in [7, 11) is 0. The Bertz CT molecular complexity index is 971. The van der Waals surface area contributed by atoms with Gasteiger partial charge in [-0.05, 0) is 16.4 Å². The molecule has 0 N–H and O–H groups in total. The second-order valence-electron chi connectivity index (χ2n) is 4.28. The Morgan fingerprint density at radius 2 is 1.95 bits per heavy atom. The molecule has 98 valence electrons. The van der Waals surface area contributed by atoms with Crippen LogP contribution >= 0.6 is 0 Å². The van der Waals surface area contributed by atoms with Crippen molar-refractivity contribution in [2.24, 2.45) is 0 Å². The molecule has 0 amide bonds. The van der Waals surface area contributed by atoms with Gasteiger partial charge in [-0.1, -0.05) is 18.2 Å². The number of hydrogen-bond donors (Lipinski definition) is 0. The summed E-state index contributed by atoms with van der Waals surface area (Å²) in [5.74, 6) is -1.20. The fraction of sp³-hybridized carbons (Fsp3) is 0.0833. The average Bonchev–Trinajstić information content (AvgIpc) is 3.00. The van der Waals surface area contributed by atoms with Gasteiger partial charge < -0.3 is 14.5 Å². The van der Waals surface area contributed by atoms with E-state index in [0.717, 1.165) is 10.9 Å². The smallest absolute Gasteiger partial charge is 0.245 e. The fourth-order valence-corrected chi connectivity index (χ4v) is 2.31. The maximum atomic E-state index is 10.9. The molecule has 3 heterocycles. The summed E-state index contributed by atoms with van der Waals surface area (Å²) in [4.78, 5) is 19.5. The van der Waals surface area contributed by atoms with E-state index in [0.29, 0.717) is 11.2 Å². The van der Waals surface area contributed by atoms with Gasteiger partial charge in [0.25, 0.3) is 0 Å². The predicted molar refractivity (Wildman–Crippen MR) is 65.4 cm³/mol. The highest BCUT2D eigenvalue weighted by molar-refractivity contribution is 6.06. The number of aromatic nitrogens is 5. The summed E-state index contributed by atoms with van der Waals surface area (Å²) < 4.78 is 6.10. The summed E-state index contributed by atoms with van der Waals surface area (Å²) in [6.45, 7) is -0.310. The molecule has 0 saturated carbocycles. The number of para-hydroxylation sites is 1. The van der Waals surface area contributed by atoms with Crippen LogP contribution in [0.1, 0.15) is 0 Å². The lowest BCUT2D eigenvalue weighted by Crippen LogP contribution is -2.27. The molecule has 4 rings (SSSR count). The van der Waals surface area contributed by atoms with E-state index in [-0.39, 0.29) is 17.8 Å². The monoisotopic (exact) mass is 268 g/mol. The Morgan fingerprint density at radius 1 is 1.20 bits per heavy atom. The molecule has 0 unspecified atom stereocenters. The number of carboxylic acid groups (broad SMARTS) is 1. The third-order valence-electron chi connectivity index (χ3n) is 3.09. The van der Waals surface area contributed by atoms with Gasteiger partial charge in [0, 0.05) is 5.39 Å². The van der Waals surface area contributed by atoms with E-state index < -0.39 is 5.97 Å². The standard InChI is InChI=1S/C12H7N5O3/c18-8(19)5-17-7-4-2-1-3-6(7)9-12(17)14-11-10(13-9)15-20-16-11/h1-4H,5H2,(H,18,19)/p-1. The van der Waals surface area contributed by atoms with Crippen molar-refractivity contribution in [3.8, 4) is 0 Å². The van der Waals surface area contributed by atoms with E-state index in [2.05, 4.69) is 24.9 Å². The van der Waals surface area contributed by atoms with Crippen molar-refractivity contribution in [2.75, 3.05) is 0 Å². The minimum atomic E-state index is -1.20. The van der Waals surface area contributed by atoms with Crippen LogP contribution in [0, 0.1) is 0 Å². The Balaban J connectivity index is 2.21. The summed E-state index contributed by atoms with van der Waals surface area (Å²) in [5.41, 5.74) is 2.22. The Hall–Kier alpha value is -3.03. The van der Waals surface area contributed by atoms with Gasteiger partial charge in [-0.3, -0.25) is 0 Å². The number of carboxylic acids is 1. The van der Waals surface area contributed by atoms with Crippen LogP contribution in [0.15, 0.2) is 28.9 Å². The van der Waals surface area contributed by atoms with E-state index in [4.69, 9.17) is 0 Å². The number of carbonyl (C=O) groups is 1. The van der Waals surface area contributed by atoms with Crippen LogP contribution in [0.25, 0.3) is 33.4 Å². The molecule has 0 aliphatic heterocycles. The van der Waals surface area contributed by atoms with Crippen LogP contribution < -0.4 is 5.11 Å². The van der Waals surface area contributed by atoms with Crippen molar-refractivity contribution in [1.29, 1.82) is 0 Å². The molecule has 20 heavy (non-hydrogen) atoms. The van der Waals surface area contributed by atoms with E-state index in [9.17, 15) is 9.90 Å². The molecule has 0 saturated heterocycles. The molecular weight excluding hydrogens is 262 g/mol.